The molecule has 2 heterocycles. The molecule has 0 atom stereocenters. The monoisotopic (exact) mass is 416 g/mol. The maximum absolute atomic E-state index is 12.6. The van der Waals surface area contributed by atoms with Gasteiger partial charge in [-0.15, -0.1) is 11.3 Å². The molecule has 2 amide bonds. The van der Waals surface area contributed by atoms with Gasteiger partial charge in [-0.1, -0.05) is 30.3 Å². The molecule has 0 saturated carbocycles. The fraction of sp³-hybridized carbons (Fsp3) is 0.381. The van der Waals surface area contributed by atoms with Gasteiger partial charge in [0, 0.05) is 11.8 Å². The van der Waals surface area contributed by atoms with E-state index < -0.39 is 5.97 Å². The largest absolute Gasteiger partial charge is 0.462 e. The second-order valence-corrected chi connectivity index (χ2v) is 7.97. The second kappa shape index (κ2) is 9.67. The average Bonchev–Trinajstić information content (AvgIpc) is 3.13. The Labute approximate surface area is 174 Å². The molecule has 1 aromatic heterocycles. The van der Waals surface area contributed by atoms with Crippen LogP contribution in [-0.4, -0.2) is 62.0 Å². The van der Waals surface area contributed by atoms with Gasteiger partial charge in [0.1, 0.15) is 4.88 Å². The summed E-state index contributed by atoms with van der Waals surface area (Å²) in [5.41, 5.74) is 1.47. The molecule has 29 heavy (non-hydrogen) atoms. The minimum atomic E-state index is -0.433. The molecule has 8 heteroatoms. The summed E-state index contributed by atoms with van der Waals surface area (Å²) in [6.07, 6.45) is 0. The van der Waals surface area contributed by atoms with Gasteiger partial charge in [0.05, 0.1) is 38.5 Å². The summed E-state index contributed by atoms with van der Waals surface area (Å²) in [7, 11) is 0. The molecule has 0 unspecified atom stereocenters. The standard InChI is InChI=1S/C21H25N3O4S/c1-3-28-21(27)20-17(13-18(29-20)16-7-5-4-6-8-16)22-19(26)14-23-9-11-24(12-10-23)15(2)25/h4-8,13H,3,9-12,14H2,1-2H3,(H,22,26)/p+1. The summed E-state index contributed by atoms with van der Waals surface area (Å²) in [5.74, 6) is -0.518. The molecule has 0 spiro atoms. The number of rotatable bonds is 6. The van der Waals surface area contributed by atoms with Crippen molar-refractivity contribution in [3.8, 4) is 10.4 Å². The van der Waals surface area contributed by atoms with E-state index in [9.17, 15) is 14.4 Å². The maximum atomic E-state index is 12.6. The number of benzene rings is 1. The van der Waals surface area contributed by atoms with Crippen LogP contribution < -0.4 is 10.2 Å². The quantitative estimate of drug-likeness (QED) is 0.696. The van der Waals surface area contributed by atoms with Crippen molar-refractivity contribution in [3.05, 3.63) is 41.3 Å². The lowest BCUT2D eigenvalue weighted by molar-refractivity contribution is -0.895. The number of thiophene rings is 1. The molecule has 0 radical (unpaired) electrons. The Balaban J connectivity index is 1.70. The van der Waals surface area contributed by atoms with Crippen LogP contribution in [0, 0.1) is 0 Å². The van der Waals surface area contributed by atoms with Gasteiger partial charge >= 0.3 is 5.97 Å². The fourth-order valence-corrected chi connectivity index (χ4v) is 4.33. The Kier molecular flexibility index (Phi) is 7.00. The fourth-order valence-electron chi connectivity index (χ4n) is 3.31. The SMILES string of the molecule is CCOC(=O)c1sc(-c2ccccc2)cc1NC(=O)C[NH+]1CCN(C(C)=O)CC1. The number of quaternary nitrogens is 1. The summed E-state index contributed by atoms with van der Waals surface area (Å²) in [4.78, 5) is 40.6. The van der Waals surface area contributed by atoms with Gasteiger partial charge < -0.3 is 19.9 Å². The van der Waals surface area contributed by atoms with Crippen molar-refractivity contribution in [2.75, 3.05) is 44.6 Å². The van der Waals surface area contributed by atoms with E-state index in [1.807, 2.05) is 36.4 Å². The van der Waals surface area contributed by atoms with Crippen LogP contribution in [0.3, 0.4) is 0 Å². The zero-order chi connectivity index (χ0) is 20.8. The Morgan fingerprint density at radius 1 is 1.17 bits per heavy atom. The van der Waals surface area contributed by atoms with Gasteiger partial charge in [-0.3, -0.25) is 9.59 Å². The minimum Gasteiger partial charge on any atom is -0.462 e. The second-order valence-electron chi connectivity index (χ2n) is 6.92. The molecule has 1 aliphatic heterocycles. The van der Waals surface area contributed by atoms with Gasteiger partial charge in [0.2, 0.25) is 5.91 Å². The van der Waals surface area contributed by atoms with Crippen LogP contribution in [0.4, 0.5) is 5.69 Å². The van der Waals surface area contributed by atoms with Crippen LogP contribution in [-0.2, 0) is 14.3 Å². The normalized spacial score (nSPS) is 14.5. The van der Waals surface area contributed by atoms with E-state index in [1.165, 1.54) is 11.3 Å². The third kappa shape index (κ3) is 5.42. The summed E-state index contributed by atoms with van der Waals surface area (Å²) in [6.45, 7) is 6.67. The van der Waals surface area contributed by atoms with E-state index in [0.717, 1.165) is 28.4 Å². The number of amides is 2. The van der Waals surface area contributed by atoms with Crippen molar-refractivity contribution < 1.29 is 24.0 Å². The highest BCUT2D eigenvalue weighted by Crippen LogP contribution is 2.35. The van der Waals surface area contributed by atoms with Crippen molar-refractivity contribution >= 4 is 34.8 Å². The van der Waals surface area contributed by atoms with E-state index in [4.69, 9.17) is 4.74 Å². The Bertz CT molecular complexity index is 873. The predicted octanol–water partition coefficient (Wildman–Crippen LogP) is 1.28. The Morgan fingerprint density at radius 3 is 2.48 bits per heavy atom. The number of nitrogens with one attached hydrogen (secondary N) is 2. The summed E-state index contributed by atoms with van der Waals surface area (Å²) >= 11 is 1.31. The van der Waals surface area contributed by atoms with E-state index >= 15 is 0 Å². The summed E-state index contributed by atoms with van der Waals surface area (Å²) in [6, 6.07) is 11.5. The van der Waals surface area contributed by atoms with Gasteiger partial charge in [0.15, 0.2) is 6.54 Å². The first kappa shape index (κ1) is 21.0. The lowest BCUT2D eigenvalue weighted by Crippen LogP contribution is -3.15. The molecular formula is C21H26N3O4S+. The number of carbonyl (C=O) groups excluding carboxylic acids is 3. The van der Waals surface area contributed by atoms with E-state index in [0.29, 0.717) is 30.2 Å². The van der Waals surface area contributed by atoms with E-state index in [1.54, 1.807) is 18.7 Å². The number of ether oxygens (including phenoxy) is 1. The Morgan fingerprint density at radius 2 is 1.86 bits per heavy atom. The highest BCUT2D eigenvalue weighted by molar-refractivity contribution is 7.18. The topological polar surface area (TPSA) is 80.2 Å². The van der Waals surface area contributed by atoms with Crippen LogP contribution in [0.5, 0.6) is 0 Å². The first-order valence-electron chi connectivity index (χ1n) is 9.73. The zero-order valence-corrected chi connectivity index (χ0v) is 17.5. The van der Waals surface area contributed by atoms with E-state index in [-0.39, 0.29) is 18.4 Å². The third-order valence-electron chi connectivity index (χ3n) is 4.85. The molecule has 2 N–H and O–H groups in total. The smallest absolute Gasteiger partial charge is 0.350 e. The number of piperazine rings is 1. The predicted molar refractivity (Wildman–Crippen MR) is 112 cm³/mol. The Hall–Kier alpha value is -2.71. The van der Waals surface area contributed by atoms with Gasteiger partial charge in [-0.25, -0.2) is 4.79 Å². The molecule has 0 bridgehead atoms. The average molecular weight is 417 g/mol. The maximum Gasteiger partial charge on any atom is 0.350 e. The van der Waals surface area contributed by atoms with Crippen molar-refractivity contribution in [1.82, 2.24) is 4.90 Å². The highest BCUT2D eigenvalue weighted by atomic mass is 32.1. The number of esters is 1. The van der Waals surface area contributed by atoms with Crippen molar-refractivity contribution in [2.24, 2.45) is 0 Å². The van der Waals surface area contributed by atoms with Gasteiger partial charge in [-0.05, 0) is 18.6 Å². The van der Waals surface area contributed by atoms with E-state index in [2.05, 4.69) is 5.32 Å². The first-order chi connectivity index (χ1) is 14.0. The number of hydrogen-bond donors (Lipinski definition) is 2. The zero-order valence-electron chi connectivity index (χ0n) is 16.7. The lowest BCUT2D eigenvalue weighted by atomic mass is 10.2. The van der Waals surface area contributed by atoms with Crippen LogP contribution in [0.25, 0.3) is 10.4 Å². The number of hydrogen-bond acceptors (Lipinski definition) is 5. The molecule has 2 aromatic rings. The lowest BCUT2D eigenvalue weighted by Gasteiger charge is -2.31. The van der Waals surface area contributed by atoms with Crippen LogP contribution in [0.1, 0.15) is 23.5 Å². The van der Waals surface area contributed by atoms with Crippen LogP contribution in [0.2, 0.25) is 0 Å². The minimum absolute atomic E-state index is 0.0688. The third-order valence-corrected chi connectivity index (χ3v) is 6.02. The number of nitrogens with zero attached hydrogens (tertiary/aromatic N) is 1. The van der Waals surface area contributed by atoms with Gasteiger partial charge in [-0.2, -0.15) is 0 Å². The van der Waals surface area contributed by atoms with Crippen LogP contribution >= 0.6 is 11.3 Å². The molecule has 0 aliphatic carbocycles. The molecule has 1 aromatic carbocycles. The molecule has 1 fully saturated rings. The number of carbonyl (C=O) groups is 3. The highest BCUT2D eigenvalue weighted by Gasteiger charge is 2.25. The van der Waals surface area contributed by atoms with Crippen LogP contribution in [0.15, 0.2) is 36.4 Å². The molecular weight excluding hydrogens is 390 g/mol. The number of anilines is 1. The first-order valence-corrected chi connectivity index (χ1v) is 10.5. The molecule has 1 aliphatic rings. The van der Waals surface area contributed by atoms with Crippen molar-refractivity contribution in [2.45, 2.75) is 13.8 Å². The van der Waals surface area contributed by atoms with Crippen molar-refractivity contribution in [3.63, 3.8) is 0 Å². The molecule has 3 rings (SSSR count). The summed E-state index contributed by atoms with van der Waals surface area (Å²) in [5, 5.41) is 2.89. The molecule has 154 valence electrons. The van der Waals surface area contributed by atoms with Crippen molar-refractivity contribution in [1.29, 1.82) is 0 Å². The van der Waals surface area contributed by atoms with Gasteiger partial charge in [0.25, 0.3) is 5.91 Å². The molecule has 7 nitrogen and oxygen atoms in total. The molecule has 1 saturated heterocycles. The summed E-state index contributed by atoms with van der Waals surface area (Å²) < 4.78 is 5.16.